The van der Waals surface area contributed by atoms with E-state index in [1.807, 2.05) is 42.3 Å². The first-order valence-electron chi connectivity index (χ1n) is 8.26. The Kier molecular flexibility index (Phi) is 3.53. The highest BCUT2D eigenvalue weighted by atomic mass is 16.2. The van der Waals surface area contributed by atoms with Gasteiger partial charge < -0.3 is 4.90 Å². The first-order chi connectivity index (χ1) is 11.6. The molecule has 4 nitrogen and oxygen atoms in total. The molecule has 3 aromatic rings. The molecule has 4 heteroatoms. The van der Waals surface area contributed by atoms with Crippen LogP contribution in [-0.4, -0.2) is 22.4 Å². The quantitative estimate of drug-likeness (QED) is 0.716. The van der Waals surface area contributed by atoms with Crippen LogP contribution in [0.25, 0.3) is 22.3 Å². The van der Waals surface area contributed by atoms with Crippen LogP contribution < -0.4 is 4.90 Å². The smallest absolute Gasteiger partial charge is 0.227 e. The Hall–Kier alpha value is -2.75. The number of rotatable bonds is 2. The molecule has 120 valence electrons. The topological polar surface area (TPSA) is 46.1 Å². The van der Waals surface area contributed by atoms with Gasteiger partial charge in [0.25, 0.3) is 0 Å². The second-order valence-corrected chi connectivity index (χ2v) is 6.40. The van der Waals surface area contributed by atoms with E-state index in [1.54, 1.807) is 0 Å². The van der Waals surface area contributed by atoms with Crippen LogP contribution in [0, 0.1) is 13.8 Å². The van der Waals surface area contributed by atoms with E-state index in [9.17, 15) is 4.79 Å². The lowest BCUT2D eigenvalue weighted by Crippen LogP contribution is -2.23. The van der Waals surface area contributed by atoms with Crippen LogP contribution in [0.5, 0.6) is 0 Å². The number of amides is 1. The normalized spacial score (nSPS) is 14.6. The summed E-state index contributed by atoms with van der Waals surface area (Å²) >= 11 is 0. The summed E-state index contributed by atoms with van der Waals surface area (Å²) in [4.78, 5) is 23.1. The van der Waals surface area contributed by atoms with Crippen molar-refractivity contribution in [1.82, 2.24) is 9.97 Å². The van der Waals surface area contributed by atoms with Gasteiger partial charge in [0.05, 0.1) is 16.9 Å². The largest absolute Gasteiger partial charge is 0.312 e. The van der Waals surface area contributed by atoms with Crippen LogP contribution in [0.1, 0.15) is 24.0 Å². The lowest BCUT2D eigenvalue weighted by atomic mass is 10.1. The zero-order valence-electron chi connectivity index (χ0n) is 13.9. The zero-order chi connectivity index (χ0) is 16.7. The van der Waals surface area contributed by atoms with Crippen molar-refractivity contribution in [3.8, 4) is 11.4 Å². The highest BCUT2D eigenvalue weighted by Crippen LogP contribution is 2.29. The van der Waals surface area contributed by atoms with Gasteiger partial charge in [-0.15, -0.1) is 0 Å². The lowest BCUT2D eigenvalue weighted by molar-refractivity contribution is -0.117. The number of hydrogen-bond acceptors (Lipinski definition) is 3. The van der Waals surface area contributed by atoms with E-state index in [0.29, 0.717) is 6.42 Å². The van der Waals surface area contributed by atoms with E-state index < -0.39 is 0 Å². The minimum atomic E-state index is 0.209. The Morgan fingerprint density at radius 3 is 2.62 bits per heavy atom. The van der Waals surface area contributed by atoms with Crippen LogP contribution >= 0.6 is 0 Å². The molecule has 1 saturated heterocycles. The van der Waals surface area contributed by atoms with Crippen molar-refractivity contribution in [2.75, 3.05) is 11.4 Å². The first kappa shape index (κ1) is 14.8. The molecule has 0 spiro atoms. The predicted octanol–water partition coefficient (Wildman–Crippen LogP) is 4.04. The molecule has 0 radical (unpaired) electrons. The number of aromatic nitrogens is 2. The molecule has 0 N–H and O–H groups in total. The van der Waals surface area contributed by atoms with Gasteiger partial charge in [0.1, 0.15) is 0 Å². The Labute approximate surface area is 141 Å². The van der Waals surface area contributed by atoms with E-state index in [4.69, 9.17) is 4.98 Å². The third-order valence-corrected chi connectivity index (χ3v) is 4.56. The number of fused-ring (bicyclic) bond motifs is 1. The Balaban J connectivity index is 1.79. The maximum Gasteiger partial charge on any atom is 0.227 e. The van der Waals surface area contributed by atoms with Crippen LogP contribution in [0.3, 0.4) is 0 Å². The summed E-state index contributed by atoms with van der Waals surface area (Å²) in [6.07, 6.45) is 3.44. The summed E-state index contributed by atoms with van der Waals surface area (Å²) in [5, 5.41) is 1.09. The second-order valence-electron chi connectivity index (χ2n) is 6.40. The molecule has 1 aliphatic rings. The average molecular weight is 317 g/mol. The minimum Gasteiger partial charge on any atom is -0.312 e. The fourth-order valence-electron chi connectivity index (χ4n) is 3.22. The molecule has 3 heterocycles. The van der Waals surface area contributed by atoms with Gasteiger partial charge in [0.2, 0.25) is 5.91 Å². The number of nitrogens with zero attached hydrogens (tertiary/aromatic N) is 3. The van der Waals surface area contributed by atoms with E-state index in [1.165, 1.54) is 0 Å². The Morgan fingerprint density at radius 1 is 1.04 bits per heavy atom. The number of aryl methyl sites for hydroxylation is 2. The summed E-state index contributed by atoms with van der Waals surface area (Å²) < 4.78 is 0. The van der Waals surface area contributed by atoms with Crippen molar-refractivity contribution >= 4 is 22.5 Å². The van der Waals surface area contributed by atoms with Crippen LogP contribution in [-0.2, 0) is 4.79 Å². The predicted molar refractivity (Wildman–Crippen MR) is 96.0 cm³/mol. The van der Waals surface area contributed by atoms with Gasteiger partial charge in [0.15, 0.2) is 0 Å². The highest BCUT2D eigenvalue weighted by Gasteiger charge is 2.22. The Bertz CT molecular complexity index is 932. The monoisotopic (exact) mass is 317 g/mol. The summed E-state index contributed by atoms with van der Waals surface area (Å²) in [7, 11) is 0. The SMILES string of the molecule is Cc1ccc(-c2cc(C)c3cc(N4CCCC4=O)ccc3n2)nc1. The summed E-state index contributed by atoms with van der Waals surface area (Å²) in [5.74, 6) is 0.209. The number of benzene rings is 1. The van der Waals surface area contributed by atoms with Gasteiger partial charge in [-0.3, -0.25) is 9.78 Å². The van der Waals surface area contributed by atoms with Crippen LogP contribution in [0.2, 0.25) is 0 Å². The standard InChI is InChI=1S/C20H19N3O/c1-13-5-7-18(21-12-13)19-10-14(2)16-11-15(6-8-17(16)22-19)23-9-3-4-20(23)24/h5-8,10-12H,3-4,9H2,1-2H3. The fourth-order valence-corrected chi connectivity index (χ4v) is 3.22. The molecule has 4 rings (SSSR count). The van der Waals surface area contributed by atoms with Crippen molar-refractivity contribution in [2.24, 2.45) is 0 Å². The molecule has 0 atom stereocenters. The maximum absolute atomic E-state index is 12.0. The van der Waals surface area contributed by atoms with Gasteiger partial charge in [-0.05, 0) is 61.7 Å². The molecular formula is C20H19N3O. The van der Waals surface area contributed by atoms with E-state index >= 15 is 0 Å². The van der Waals surface area contributed by atoms with Gasteiger partial charge in [0, 0.05) is 30.2 Å². The van der Waals surface area contributed by atoms with E-state index in [2.05, 4.69) is 24.0 Å². The minimum absolute atomic E-state index is 0.209. The van der Waals surface area contributed by atoms with Gasteiger partial charge in [-0.25, -0.2) is 4.98 Å². The summed E-state index contributed by atoms with van der Waals surface area (Å²) in [6.45, 7) is 4.91. The molecule has 1 amide bonds. The Morgan fingerprint density at radius 2 is 1.92 bits per heavy atom. The third-order valence-electron chi connectivity index (χ3n) is 4.56. The van der Waals surface area contributed by atoms with Gasteiger partial charge >= 0.3 is 0 Å². The first-order valence-corrected chi connectivity index (χ1v) is 8.26. The summed E-state index contributed by atoms with van der Waals surface area (Å²) in [5.41, 5.74) is 5.94. The number of carbonyl (C=O) groups excluding carboxylic acids is 1. The number of hydrogen-bond donors (Lipinski definition) is 0. The van der Waals surface area contributed by atoms with E-state index in [-0.39, 0.29) is 5.91 Å². The van der Waals surface area contributed by atoms with Crippen LogP contribution in [0.15, 0.2) is 42.6 Å². The van der Waals surface area contributed by atoms with Crippen LogP contribution in [0.4, 0.5) is 5.69 Å². The average Bonchev–Trinajstić information content (AvgIpc) is 3.01. The molecule has 0 bridgehead atoms. The third kappa shape index (κ3) is 2.54. The molecule has 1 aliphatic heterocycles. The van der Waals surface area contributed by atoms with E-state index in [0.717, 1.165) is 52.1 Å². The number of anilines is 1. The van der Waals surface area contributed by atoms with Crippen molar-refractivity contribution in [3.63, 3.8) is 0 Å². The summed E-state index contributed by atoms with van der Waals surface area (Å²) in [6, 6.07) is 12.2. The number of pyridine rings is 2. The van der Waals surface area contributed by atoms with Gasteiger partial charge in [-0.1, -0.05) is 6.07 Å². The molecular weight excluding hydrogens is 298 g/mol. The van der Waals surface area contributed by atoms with Crippen molar-refractivity contribution in [3.05, 3.63) is 53.7 Å². The lowest BCUT2D eigenvalue weighted by Gasteiger charge is -2.17. The number of carbonyl (C=O) groups is 1. The fraction of sp³-hybridized carbons (Fsp3) is 0.250. The molecule has 0 saturated carbocycles. The van der Waals surface area contributed by atoms with Crippen molar-refractivity contribution < 1.29 is 4.79 Å². The molecule has 1 aromatic carbocycles. The maximum atomic E-state index is 12.0. The molecule has 1 fully saturated rings. The highest BCUT2D eigenvalue weighted by molar-refractivity contribution is 5.98. The van der Waals surface area contributed by atoms with Crippen molar-refractivity contribution in [1.29, 1.82) is 0 Å². The van der Waals surface area contributed by atoms with Gasteiger partial charge in [-0.2, -0.15) is 0 Å². The zero-order valence-corrected chi connectivity index (χ0v) is 13.9. The van der Waals surface area contributed by atoms with Crippen molar-refractivity contribution in [2.45, 2.75) is 26.7 Å². The molecule has 0 aliphatic carbocycles. The molecule has 2 aromatic heterocycles. The second kappa shape index (κ2) is 5.71. The molecule has 24 heavy (non-hydrogen) atoms. The molecule has 0 unspecified atom stereocenters.